The molecule has 1 amide bonds. The number of carbonyl (C=O) groups is 1. The lowest BCUT2D eigenvalue weighted by atomic mass is 9.83. The van der Waals surface area contributed by atoms with Gasteiger partial charge in [-0.1, -0.05) is 18.6 Å². The van der Waals surface area contributed by atoms with Crippen LogP contribution in [0.3, 0.4) is 0 Å². The molecule has 1 aromatic carbocycles. The summed E-state index contributed by atoms with van der Waals surface area (Å²) >= 11 is 0. The monoisotopic (exact) mass is 383 g/mol. The smallest absolute Gasteiger partial charge is 0.311 e. The summed E-state index contributed by atoms with van der Waals surface area (Å²) < 4.78 is 49.4. The van der Waals surface area contributed by atoms with Gasteiger partial charge in [0.05, 0.1) is 17.0 Å². The van der Waals surface area contributed by atoms with Gasteiger partial charge in [0.15, 0.2) is 0 Å². The highest BCUT2D eigenvalue weighted by atomic mass is 32.2. The van der Waals surface area contributed by atoms with Crippen LogP contribution >= 0.6 is 0 Å². The predicted octanol–water partition coefficient (Wildman–Crippen LogP) is 2.87. The maximum absolute atomic E-state index is 12.5. The minimum absolute atomic E-state index is 0.00104. The quantitative estimate of drug-likeness (QED) is 0.832. The Bertz CT molecular complexity index is 904. The highest BCUT2D eigenvalue weighted by Gasteiger charge is 2.26. The summed E-state index contributed by atoms with van der Waals surface area (Å²) in [5.41, 5.74) is 1.49. The number of hydrogen-bond acceptors (Lipinski definition) is 4. The molecule has 9 heteroatoms. The van der Waals surface area contributed by atoms with Crippen molar-refractivity contribution in [1.82, 2.24) is 9.78 Å². The van der Waals surface area contributed by atoms with Gasteiger partial charge in [-0.3, -0.25) is 9.48 Å². The number of nitrogens with one attached hydrogen (secondary N) is 1. The maximum Gasteiger partial charge on any atom is 0.341 e. The molecule has 26 heavy (non-hydrogen) atoms. The van der Waals surface area contributed by atoms with Crippen molar-refractivity contribution >= 4 is 21.6 Å². The molecule has 0 saturated heterocycles. The molecule has 0 radical (unpaired) electrons. The van der Waals surface area contributed by atoms with Gasteiger partial charge in [-0.15, -0.1) is 0 Å². The molecule has 6 nitrogen and oxygen atoms in total. The van der Waals surface area contributed by atoms with E-state index >= 15 is 0 Å². The van der Waals surface area contributed by atoms with Crippen molar-refractivity contribution in [2.24, 2.45) is 7.05 Å². The van der Waals surface area contributed by atoms with Crippen molar-refractivity contribution < 1.29 is 22.0 Å². The summed E-state index contributed by atoms with van der Waals surface area (Å²) in [5.74, 6) is -2.71. The molecule has 2 aromatic rings. The van der Waals surface area contributed by atoms with E-state index in [1.54, 1.807) is 11.7 Å². The molecule has 1 N–H and O–H groups in total. The van der Waals surface area contributed by atoms with Crippen LogP contribution in [-0.4, -0.2) is 29.9 Å². The number of sulfone groups is 1. The van der Waals surface area contributed by atoms with Gasteiger partial charge in [0.2, 0.25) is 15.7 Å². The van der Waals surface area contributed by atoms with E-state index in [4.69, 9.17) is 0 Å². The Morgan fingerprint density at radius 3 is 2.50 bits per heavy atom. The predicted molar refractivity (Wildman–Crippen MR) is 91.8 cm³/mol. The molecule has 1 aliphatic carbocycles. The molecular weight excluding hydrogens is 364 g/mol. The number of benzene rings is 1. The van der Waals surface area contributed by atoms with E-state index < -0.39 is 20.5 Å². The van der Waals surface area contributed by atoms with Crippen LogP contribution in [0.25, 0.3) is 0 Å². The number of carbonyl (C=O) groups excluding carboxylic acids is 1. The van der Waals surface area contributed by atoms with E-state index in [0.29, 0.717) is 17.3 Å². The minimum Gasteiger partial charge on any atom is -0.311 e. The Morgan fingerprint density at radius 2 is 1.96 bits per heavy atom. The van der Waals surface area contributed by atoms with Crippen molar-refractivity contribution in [1.29, 1.82) is 0 Å². The standard InChI is InChI=1S/C17H19F2N3O3S/c1-22-15(10-14(21-22)12-3-2-4-12)20-16(23)9-11-5-7-13(8-6-11)26(24,25)17(18)19/h5-8,10,12,17H,2-4,9H2,1H3,(H,20,23). The van der Waals surface area contributed by atoms with Crippen molar-refractivity contribution in [2.75, 3.05) is 5.32 Å². The zero-order valence-corrected chi connectivity index (χ0v) is 15.0. The zero-order valence-electron chi connectivity index (χ0n) is 14.2. The molecule has 1 heterocycles. The van der Waals surface area contributed by atoms with Gasteiger partial charge in [0, 0.05) is 19.0 Å². The van der Waals surface area contributed by atoms with E-state index in [9.17, 15) is 22.0 Å². The van der Waals surface area contributed by atoms with Gasteiger partial charge in [0.1, 0.15) is 5.82 Å². The van der Waals surface area contributed by atoms with Gasteiger partial charge in [-0.05, 0) is 30.5 Å². The van der Waals surface area contributed by atoms with Crippen LogP contribution in [-0.2, 0) is 28.1 Å². The topological polar surface area (TPSA) is 81.1 Å². The second-order valence-electron chi connectivity index (χ2n) is 6.38. The number of aromatic nitrogens is 2. The third-order valence-corrected chi connectivity index (χ3v) is 5.94. The van der Waals surface area contributed by atoms with Gasteiger partial charge in [-0.2, -0.15) is 13.9 Å². The van der Waals surface area contributed by atoms with Crippen LogP contribution < -0.4 is 5.32 Å². The van der Waals surface area contributed by atoms with Crippen LogP contribution in [0.2, 0.25) is 0 Å². The van der Waals surface area contributed by atoms with E-state index in [0.717, 1.165) is 30.7 Å². The van der Waals surface area contributed by atoms with Crippen LogP contribution in [0.1, 0.15) is 36.4 Å². The molecule has 1 saturated carbocycles. The Balaban J connectivity index is 1.64. The Morgan fingerprint density at radius 1 is 1.31 bits per heavy atom. The average molecular weight is 383 g/mol. The first-order chi connectivity index (χ1) is 12.3. The highest BCUT2D eigenvalue weighted by Crippen LogP contribution is 2.36. The normalized spacial score (nSPS) is 15.1. The highest BCUT2D eigenvalue weighted by molar-refractivity contribution is 7.91. The lowest BCUT2D eigenvalue weighted by Crippen LogP contribution is -2.17. The second-order valence-corrected chi connectivity index (χ2v) is 8.30. The number of alkyl halides is 2. The SMILES string of the molecule is Cn1nc(C2CCC2)cc1NC(=O)Cc1ccc(S(=O)(=O)C(F)F)cc1. The van der Waals surface area contributed by atoms with Gasteiger partial charge >= 0.3 is 5.76 Å². The van der Waals surface area contributed by atoms with Crippen LogP contribution in [0.4, 0.5) is 14.6 Å². The molecule has 0 unspecified atom stereocenters. The van der Waals surface area contributed by atoms with Crippen molar-refractivity contribution in [2.45, 2.75) is 42.3 Å². The maximum atomic E-state index is 12.5. The van der Waals surface area contributed by atoms with E-state index in [1.165, 1.54) is 18.6 Å². The number of halogens is 2. The summed E-state index contributed by atoms with van der Waals surface area (Å²) in [5, 5.41) is 7.18. The van der Waals surface area contributed by atoms with Gasteiger partial charge in [-0.25, -0.2) is 8.42 Å². The Labute approximate surface area is 150 Å². The van der Waals surface area contributed by atoms with Crippen molar-refractivity contribution in [3.8, 4) is 0 Å². The summed E-state index contributed by atoms with van der Waals surface area (Å²) in [6.07, 6.45) is 3.41. The van der Waals surface area contributed by atoms with Crippen LogP contribution in [0.15, 0.2) is 35.2 Å². The Hall–Kier alpha value is -2.29. The van der Waals surface area contributed by atoms with Gasteiger partial charge in [0.25, 0.3) is 0 Å². The molecule has 0 atom stereocenters. The molecule has 0 aliphatic heterocycles. The third kappa shape index (κ3) is 3.77. The molecule has 140 valence electrons. The first-order valence-electron chi connectivity index (χ1n) is 8.22. The lowest BCUT2D eigenvalue weighted by molar-refractivity contribution is -0.115. The van der Waals surface area contributed by atoms with E-state index in [-0.39, 0.29) is 12.3 Å². The summed E-state index contributed by atoms with van der Waals surface area (Å²) in [6, 6.07) is 6.75. The zero-order chi connectivity index (χ0) is 18.9. The number of hydrogen-bond donors (Lipinski definition) is 1. The van der Waals surface area contributed by atoms with E-state index in [2.05, 4.69) is 10.4 Å². The summed E-state index contributed by atoms with van der Waals surface area (Å²) in [7, 11) is -2.87. The molecule has 0 bridgehead atoms. The lowest BCUT2D eigenvalue weighted by Gasteiger charge is -2.22. The molecule has 1 aromatic heterocycles. The fraction of sp³-hybridized carbons (Fsp3) is 0.412. The van der Waals surface area contributed by atoms with Crippen LogP contribution in [0, 0.1) is 0 Å². The second kappa shape index (κ2) is 7.14. The molecule has 3 rings (SSSR count). The fourth-order valence-corrected chi connectivity index (χ4v) is 3.50. The Kier molecular flexibility index (Phi) is 5.08. The van der Waals surface area contributed by atoms with Gasteiger partial charge < -0.3 is 5.32 Å². The average Bonchev–Trinajstić information content (AvgIpc) is 2.86. The number of anilines is 1. The number of nitrogens with zero attached hydrogens (tertiary/aromatic N) is 2. The van der Waals surface area contributed by atoms with Crippen molar-refractivity contribution in [3.05, 3.63) is 41.6 Å². The third-order valence-electron chi connectivity index (χ3n) is 4.54. The minimum atomic E-state index is -4.62. The largest absolute Gasteiger partial charge is 0.341 e. The molecular formula is C17H19F2N3O3S. The van der Waals surface area contributed by atoms with E-state index in [1.807, 2.05) is 6.07 Å². The first-order valence-corrected chi connectivity index (χ1v) is 9.77. The number of rotatable bonds is 6. The first kappa shape index (κ1) is 18.5. The molecule has 1 aliphatic rings. The molecule has 0 spiro atoms. The number of aryl methyl sites for hydroxylation is 1. The number of amides is 1. The van der Waals surface area contributed by atoms with Crippen molar-refractivity contribution in [3.63, 3.8) is 0 Å². The molecule has 1 fully saturated rings. The summed E-state index contributed by atoms with van der Waals surface area (Å²) in [6.45, 7) is 0. The van der Waals surface area contributed by atoms with Crippen LogP contribution in [0.5, 0.6) is 0 Å². The fourth-order valence-electron chi connectivity index (χ4n) is 2.78. The summed E-state index contributed by atoms with van der Waals surface area (Å²) in [4.78, 5) is 11.7.